The number of ether oxygens (including phenoxy) is 2. The van der Waals surface area contributed by atoms with Crippen molar-refractivity contribution >= 4 is 28.5 Å². The molecule has 128 valence electrons. The summed E-state index contributed by atoms with van der Waals surface area (Å²) < 4.78 is 37.8. The molecule has 0 heterocycles. The van der Waals surface area contributed by atoms with Crippen LogP contribution in [0.15, 0.2) is 30.3 Å². The lowest BCUT2D eigenvalue weighted by Crippen LogP contribution is -2.27. The quantitative estimate of drug-likeness (QED) is 0.654. The lowest BCUT2D eigenvalue weighted by atomic mass is 10.1. The molecule has 0 fully saturated rings. The minimum Gasteiger partial charge on any atom is -0.493 e. The third-order valence-corrected chi connectivity index (χ3v) is 4.37. The highest BCUT2D eigenvalue weighted by molar-refractivity contribution is 14.1. The van der Waals surface area contributed by atoms with Crippen LogP contribution in [-0.2, 0) is 6.54 Å². The molecule has 2 rings (SSSR count). The van der Waals surface area contributed by atoms with Gasteiger partial charge in [0.1, 0.15) is 11.6 Å². The molecule has 0 unspecified atom stereocenters. The molecule has 0 saturated carbocycles. The predicted octanol–water partition coefficient (Wildman–Crippen LogP) is 3.86. The van der Waals surface area contributed by atoms with E-state index in [1.165, 1.54) is 25.2 Å². The highest BCUT2D eigenvalue weighted by Crippen LogP contribution is 2.32. The van der Waals surface area contributed by atoms with Gasteiger partial charge in [-0.3, -0.25) is 4.79 Å². The second-order valence-corrected chi connectivity index (χ2v) is 6.25. The molecular weight excluding hydrogens is 431 g/mol. The molecule has 24 heavy (non-hydrogen) atoms. The maximum absolute atomic E-state index is 13.8. The van der Waals surface area contributed by atoms with Crippen LogP contribution in [-0.4, -0.2) is 32.1 Å². The molecule has 2 aromatic carbocycles. The zero-order valence-electron chi connectivity index (χ0n) is 13.4. The van der Waals surface area contributed by atoms with E-state index >= 15 is 0 Å². The number of benzene rings is 2. The first-order valence-corrected chi connectivity index (χ1v) is 8.06. The Morgan fingerprint density at radius 1 is 1.12 bits per heavy atom. The predicted molar refractivity (Wildman–Crippen MR) is 94.4 cm³/mol. The molecule has 7 heteroatoms. The molecule has 0 aliphatic carbocycles. The van der Waals surface area contributed by atoms with Crippen LogP contribution in [0.4, 0.5) is 8.78 Å². The molecule has 0 aromatic heterocycles. The Bertz CT molecular complexity index is 768. The van der Waals surface area contributed by atoms with Crippen LogP contribution < -0.4 is 9.47 Å². The first-order valence-electron chi connectivity index (χ1n) is 6.98. The number of amides is 1. The molecule has 2 aromatic rings. The molecule has 4 nitrogen and oxygen atoms in total. The van der Waals surface area contributed by atoms with E-state index in [1.54, 1.807) is 19.2 Å². The molecular formula is C17H16F2INO3. The maximum Gasteiger partial charge on any atom is 0.255 e. The van der Waals surface area contributed by atoms with Crippen LogP contribution in [0.2, 0.25) is 0 Å². The van der Waals surface area contributed by atoms with E-state index in [2.05, 4.69) is 0 Å². The molecule has 0 N–H and O–H groups in total. The first-order chi connectivity index (χ1) is 11.4. The Kier molecular flexibility index (Phi) is 5.98. The molecule has 0 atom stereocenters. The summed E-state index contributed by atoms with van der Waals surface area (Å²) in [7, 11) is 4.55. The molecule has 0 bridgehead atoms. The van der Waals surface area contributed by atoms with Crippen molar-refractivity contribution in [1.82, 2.24) is 4.90 Å². The van der Waals surface area contributed by atoms with Gasteiger partial charge in [-0.15, -0.1) is 0 Å². The van der Waals surface area contributed by atoms with Crippen LogP contribution in [0, 0.1) is 15.2 Å². The average Bonchev–Trinajstić information content (AvgIpc) is 2.56. The van der Waals surface area contributed by atoms with Crippen molar-refractivity contribution in [1.29, 1.82) is 0 Å². The second-order valence-electron chi connectivity index (χ2n) is 5.08. The van der Waals surface area contributed by atoms with E-state index in [0.29, 0.717) is 20.6 Å². The van der Waals surface area contributed by atoms with Gasteiger partial charge in [0.05, 0.1) is 19.8 Å². The van der Waals surface area contributed by atoms with Gasteiger partial charge < -0.3 is 14.4 Å². The fraction of sp³-hybridized carbons (Fsp3) is 0.235. The summed E-state index contributed by atoms with van der Waals surface area (Å²) in [6, 6.07) is 6.57. The van der Waals surface area contributed by atoms with E-state index in [0.717, 1.165) is 12.1 Å². The van der Waals surface area contributed by atoms with Gasteiger partial charge in [-0.05, 0) is 40.8 Å². The van der Waals surface area contributed by atoms with Gasteiger partial charge in [-0.1, -0.05) is 6.07 Å². The molecule has 0 saturated heterocycles. The van der Waals surface area contributed by atoms with Crippen LogP contribution in [0.5, 0.6) is 11.5 Å². The summed E-state index contributed by atoms with van der Waals surface area (Å²) in [5.41, 5.74) is 0.654. The fourth-order valence-corrected chi connectivity index (χ4v) is 2.87. The van der Waals surface area contributed by atoms with E-state index < -0.39 is 11.6 Å². The van der Waals surface area contributed by atoms with Gasteiger partial charge >= 0.3 is 0 Å². The van der Waals surface area contributed by atoms with Crippen molar-refractivity contribution in [3.63, 3.8) is 0 Å². The zero-order valence-corrected chi connectivity index (χ0v) is 15.6. The first kappa shape index (κ1) is 18.4. The number of carbonyl (C=O) groups excluding carboxylic acids is 1. The van der Waals surface area contributed by atoms with E-state index in [9.17, 15) is 13.6 Å². The van der Waals surface area contributed by atoms with Gasteiger partial charge in [-0.2, -0.15) is 0 Å². The minimum atomic E-state index is -0.684. The minimum absolute atomic E-state index is 0.0232. The second kappa shape index (κ2) is 7.78. The van der Waals surface area contributed by atoms with Crippen molar-refractivity contribution in [2.45, 2.75) is 6.54 Å². The fourth-order valence-electron chi connectivity index (χ4n) is 2.20. The van der Waals surface area contributed by atoms with Crippen molar-refractivity contribution in [2.24, 2.45) is 0 Å². The summed E-state index contributed by atoms with van der Waals surface area (Å²) in [5, 5.41) is 0. The van der Waals surface area contributed by atoms with Gasteiger partial charge in [-0.25, -0.2) is 8.78 Å². The van der Waals surface area contributed by atoms with Gasteiger partial charge in [0.25, 0.3) is 5.91 Å². The van der Waals surface area contributed by atoms with Crippen LogP contribution in [0.25, 0.3) is 0 Å². The van der Waals surface area contributed by atoms with Crippen molar-refractivity contribution < 1.29 is 23.0 Å². The Morgan fingerprint density at radius 2 is 1.75 bits per heavy atom. The number of rotatable bonds is 5. The number of halogens is 3. The lowest BCUT2D eigenvalue weighted by Gasteiger charge is -2.19. The standard InChI is InChI=1S/C17H16F2INO3/c1-21(9-10-4-5-11(18)6-13(10)19)17(22)12-7-15(23-2)16(24-3)8-14(12)20/h4-8H,9H2,1-3H3. The Labute approximate surface area is 152 Å². The summed E-state index contributed by atoms with van der Waals surface area (Å²) in [4.78, 5) is 14.0. The largest absolute Gasteiger partial charge is 0.493 e. The average molecular weight is 447 g/mol. The Morgan fingerprint density at radius 3 is 2.33 bits per heavy atom. The maximum atomic E-state index is 13.8. The molecule has 0 radical (unpaired) electrons. The van der Waals surface area contributed by atoms with Crippen molar-refractivity contribution in [3.05, 3.63) is 56.7 Å². The molecule has 0 aliphatic heterocycles. The summed E-state index contributed by atoms with van der Waals surface area (Å²) in [6.07, 6.45) is 0. The number of methoxy groups -OCH3 is 2. The zero-order chi connectivity index (χ0) is 17.9. The normalized spacial score (nSPS) is 10.4. The third kappa shape index (κ3) is 3.95. The van der Waals surface area contributed by atoms with E-state index in [-0.39, 0.29) is 18.0 Å². The van der Waals surface area contributed by atoms with Crippen LogP contribution >= 0.6 is 22.6 Å². The van der Waals surface area contributed by atoms with E-state index in [1.807, 2.05) is 22.6 Å². The molecule has 0 spiro atoms. The van der Waals surface area contributed by atoms with E-state index in [4.69, 9.17) is 9.47 Å². The highest BCUT2D eigenvalue weighted by atomic mass is 127. The number of hydrogen-bond acceptors (Lipinski definition) is 3. The van der Waals surface area contributed by atoms with Crippen molar-refractivity contribution in [3.8, 4) is 11.5 Å². The number of nitrogens with zero attached hydrogens (tertiary/aromatic N) is 1. The number of hydrogen-bond donors (Lipinski definition) is 0. The number of carbonyl (C=O) groups is 1. The third-order valence-electron chi connectivity index (χ3n) is 3.47. The summed E-state index contributed by atoms with van der Waals surface area (Å²) in [5.74, 6) is -0.686. The SMILES string of the molecule is COc1cc(I)c(C(=O)N(C)Cc2ccc(F)cc2F)cc1OC. The van der Waals surface area contributed by atoms with Crippen LogP contribution in [0.1, 0.15) is 15.9 Å². The monoisotopic (exact) mass is 447 g/mol. The Balaban J connectivity index is 2.27. The topological polar surface area (TPSA) is 38.8 Å². The lowest BCUT2D eigenvalue weighted by molar-refractivity contribution is 0.0782. The highest BCUT2D eigenvalue weighted by Gasteiger charge is 2.19. The molecule has 1 amide bonds. The van der Waals surface area contributed by atoms with Crippen molar-refractivity contribution in [2.75, 3.05) is 21.3 Å². The smallest absolute Gasteiger partial charge is 0.255 e. The Hall–Kier alpha value is -1.90. The van der Waals surface area contributed by atoms with Crippen LogP contribution in [0.3, 0.4) is 0 Å². The summed E-state index contributed by atoms with van der Waals surface area (Å²) in [6.45, 7) is 0.0232. The van der Waals surface area contributed by atoms with Gasteiger partial charge in [0.2, 0.25) is 0 Å². The summed E-state index contributed by atoms with van der Waals surface area (Å²) >= 11 is 2.03. The van der Waals surface area contributed by atoms with Gasteiger partial charge in [0.15, 0.2) is 11.5 Å². The molecule has 0 aliphatic rings. The van der Waals surface area contributed by atoms with Gasteiger partial charge in [0, 0.05) is 28.8 Å².